The summed E-state index contributed by atoms with van der Waals surface area (Å²) in [6.45, 7) is 8.61. The molecule has 3 unspecified atom stereocenters. The second-order valence-electron chi connectivity index (χ2n) is 7.67. The number of carbonyl (C=O) groups excluding carboxylic acids is 2. The van der Waals surface area contributed by atoms with E-state index < -0.39 is 28.5 Å². The van der Waals surface area contributed by atoms with Crippen molar-refractivity contribution in [3.05, 3.63) is 12.2 Å². The van der Waals surface area contributed by atoms with Crippen molar-refractivity contribution in [3.8, 4) is 0 Å². The first kappa shape index (κ1) is 16.5. The Bertz CT molecular complexity index is 695. The molecule has 0 aromatic heterocycles. The summed E-state index contributed by atoms with van der Waals surface area (Å²) in [5, 5.41) is 0. The Hall–Kier alpha value is -1.37. The van der Waals surface area contributed by atoms with Crippen LogP contribution < -0.4 is 0 Å². The minimum atomic E-state index is -3.66. The van der Waals surface area contributed by atoms with Gasteiger partial charge < -0.3 is 4.74 Å². The van der Waals surface area contributed by atoms with Gasteiger partial charge in [-0.1, -0.05) is 20.4 Å². The van der Waals surface area contributed by atoms with Crippen molar-refractivity contribution in [2.45, 2.75) is 46.1 Å². The Labute approximate surface area is 136 Å². The largest absolute Gasteiger partial charge is 0.452 e. The summed E-state index contributed by atoms with van der Waals surface area (Å²) >= 11 is 0. The number of rotatable bonds is 3. The maximum Gasteiger partial charge on any atom is 0.333 e. The lowest BCUT2D eigenvalue weighted by atomic mass is 9.69. The summed E-state index contributed by atoms with van der Waals surface area (Å²) in [4.78, 5) is 23.9. The molecule has 0 aromatic rings. The van der Waals surface area contributed by atoms with Gasteiger partial charge in [0.1, 0.15) is 0 Å². The maximum atomic E-state index is 12.6. The second-order valence-corrected chi connectivity index (χ2v) is 9.51. The van der Waals surface area contributed by atoms with Crippen LogP contribution in [0.15, 0.2) is 12.2 Å². The minimum Gasteiger partial charge on any atom is -0.452 e. The molecule has 7 heteroatoms. The van der Waals surface area contributed by atoms with Crippen molar-refractivity contribution in [2.24, 2.45) is 16.7 Å². The van der Waals surface area contributed by atoms with Crippen LogP contribution in [0.25, 0.3) is 0 Å². The summed E-state index contributed by atoms with van der Waals surface area (Å²) in [5.74, 6) is -0.868. The maximum absolute atomic E-state index is 12.6. The van der Waals surface area contributed by atoms with E-state index in [1.165, 1.54) is 6.92 Å². The molecule has 3 atom stereocenters. The highest BCUT2D eigenvalue weighted by molar-refractivity contribution is 7.90. The van der Waals surface area contributed by atoms with Gasteiger partial charge >= 0.3 is 5.97 Å². The molecular formula is C16H23NO5S. The molecule has 6 nitrogen and oxygen atoms in total. The molecule has 1 spiro atoms. The third-order valence-electron chi connectivity index (χ3n) is 6.33. The number of nitrogens with zero attached hydrogens (tertiary/aromatic N) is 1. The summed E-state index contributed by atoms with van der Waals surface area (Å²) in [5.41, 5.74) is -0.266. The molecule has 0 aromatic carbocycles. The molecular weight excluding hydrogens is 318 g/mol. The summed E-state index contributed by atoms with van der Waals surface area (Å²) in [7, 11) is -3.66. The molecule has 3 aliphatic rings. The predicted molar refractivity (Wildman–Crippen MR) is 83.7 cm³/mol. The summed E-state index contributed by atoms with van der Waals surface area (Å²) in [6, 6.07) is -0.294. The van der Waals surface area contributed by atoms with Gasteiger partial charge in [0, 0.05) is 11.0 Å². The van der Waals surface area contributed by atoms with E-state index in [1.807, 2.05) is 0 Å². The van der Waals surface area contributed by atoms with Gasteiger partial charge in [-0.05, 0) is 37.5 Å². The van der Waals surface area contributed by atoms with E-state index in [9.17, 15) is 18.0 Å². The number of ether oxygens (including phenoxy) is 1. The van der Waals surface area contributed by atoms with Crippen LogP contribution in [0.4, 0.5) is 0 Å². The van der Waals surface area contributed by atoms with Gasteiger partial charge in [0.05, 0.1) is 11.8 Å². The number of amides is 1. The zero-order chi connectivity index (χ0) is 17.2. The van der Waals surface area contributed by atoms with Gasteiger partial charge in [0.15, 0.2) is 6.61 Å². The standard InChI is InChI=1S/C16H23NO5S/c1-10(2)14(19)22-8-13(18)17-12-7-11-5-6-16(12,15(11,3)4)9-23(17,20)21/h11-12H,1,5-9H2,2-4H3. The van der Waals surface area contributed by atoms with Gasteiger partial charge in [-0.2, -0.15) is 0 Å². The van der Waals surface area contributed by atoms with Crippen molar-refractivity contribution in [2.75, 3.05) is 12.4 Å². The number of carbonyl (C=O) groups is 2. The molecule has 1 heterocycles. The molecule has 2 saturated carbocycles. The molecule has 2 aliphatic carbocycles. The molecule has 1 amide bonds. The van der Waals surface area contributed by atoms with Crippen LogP contribution in [0.2, 0.25) is 0 Å². The Balaban J connectivity index is 1.85. The zero-order valence-corrected chi connectivity index (χ0v) is 14.6. The van der Waals surface area contributed by atoms with Crippen molar-refractivity contribution in [1.82, 2.24) is 4.31 Å². The Morgan fingerprint density at radius 2 is 2.00 bits per heavy atom. The van der Waals surface area contributed by atoms with Crippen LogP contribution in [0.1, 0.15) is 40.0 Å². The fourth-order valence-electron chi connectivity index (χ4n) is 4.93. The molecule has 1 aliphatic heterocycles. The van der Waals surface area contributed by atoms with Gasteiger partial charge in [-0.25, -0.2) is 17.5 Å². The monoisotopic (exact) mass is 341 g/mol. The fraction of sp³-hybridized carbons (Fsp3) is 0.750. The molecule has 23 heavy (non-hydrogen) atoms. The Morgan fingerprint density at radius 1 is 1.35 bits per heavy atom. The third kappa shape index (κ3) is 2.08. The van der Waals surface area contributed by atoms with Gasteiger partial charge in [0.2, 0.25) is 10.0 Å². The van der Waals surface area contributed by atoms with Crippen LogP contribution >= 0.6 is 0 Å². The van der Waals surface area contributed by atoms with Crippen molar-refractivity contribution in [3.63, 3.8) is 0 Å². The average molecular weight is 341 g/mol. The zero-order valence-electron chi connectivity index (χ0n) is 13.8. The lowest BCUT2D eigenvalue weighted by Crippen LogP contribution is -2.45. The van der Waals surface area contributed by atoms with Gasteiger partial charge in [-0.15, -0.1) is 0 Å². The van der Waals surface area contributed by atoms with E-state index >= 15 is 0 Å². The molecule has 1 saturated heterocycles. The second kappa shape index (κ2) is 4.82. The van der Waals surface area contributed by atoms with Crippen LogP contribution in [0.5, 0.6) is 0 Å². The molecule has 3 rings (SSSR count). The number of hydrogen-bond donors (Lipinski definition) is 0. The van der Waals surface area contributed by atoms with Crippen LogP contribution in [0, 0.1) is 16.7 Å². The first-order valence-electron chi connectivity index (χ1n) is 7.90. The first-order valence-corrected chi connectivity index (χ1v) is 9.51. The average Bonchev–Trinajstić information content (AvgIpc) is 2.91. The smallest absolute Gasteiger partial charge is 0.333 e. The van der Waals surface area contributed by atoms with E-state index in [0.717, 1.165) is 17.1 Å². The topological polar surface area (TPSA) is 80.8 Å². The van der Waals surface area contributed by atoms with Crippen LogP contribution in [0.3, 0.4) is 0 Å². The van der Waals surface area contributed by atoms with Crippen molar-refractivity contribution in [1.29, 1.82) is 0 Å². The number of esters is 1. The van der Waals surface area contributed by atoms with E-state index in [4.69, 9.17) is 4.74 Å². The lowest BCUT2D eigenvalue weighted by Gasteiger charge is -2.37. The lowest BCUT2D eigenvalue weighted by molar-refractivity contribution is -0.147. The van der Waals surface area contributed by atoms with Crippen LogP contribution in [-0.4, -0.2) is 43.0 Å². The molecule has 0 N–H and O–H groups in total. The van der Waals surface area contributed by atoms with Crippen molar-refractivity contribution < 1.29 is 22.7 Å². The van der Waals surface area contributed by atoms with E-state index in [-0.39, 0.29) is 28.2 Å². The van der Waals surface area contributed by atoms with Crippen molar-refractivity contribution >= 4 is 21.9 Å². The van der Waals surface area contributed by atoms with Gasteiger partial charge in [-0.3, -0.25) is 4.79 Å². The number of sulfonamides is 1. The number of fused-ring (bicyclic) bond motifs is 1. The summed E-state index contributed by atoms with van der Waals surface area (Å²) < 4.78 is 31.1. The number of hydrogen-bond acceptors (Lipinski definition) is 5. The quantitative estimate of drug-likeness (QED) is 0.574. The Kier molecular flexibility index (Phi) is 3.45. The fourth-order valence-corrected chi connectivity index (χ4v) is 7.47. The predicted octanol–water partition coefficient (Wildman–Crippen LogP) is 1.47. The van der Waals surface area contributed by atoms with Crippen LogP contribution in [-0.2, 0) is 24.3 Å². The highest BCUT2D eigenvalue weighted by Gasteiger charge is 2.72. The van der Waals surface area contributed by atoms with E-state index in [1.54, 1.807) is 0 Å². The molecule has 128 valence electrons. The molecule has 0 radical (unpaired) electrons. The van der Waals surface area contributed by atoms with E-state index in [2.05, 4.69) is 20.4 Å². The summed E-state index contributed by atoms with van der Waals surface area (Å²) in [6.07, 6.45) is 2.57. The molecule has 3 fully saturated rings. The first-order chi connectivity index (χ1) is 10.5. The normalized spacial score (nSPS) is 35.9. The minimum absolute atomic E-state index is 0.0222. The molecule has 2 bridgehead atoms. The Morgan fingerprint density at radius 3 is 2.57 bits per heavy atom. The SMILES string of the molecule is C=C(C)C(=O)OCC(=O)N1C2CC3CCC2(CS1(=O)=O)C3(C)C. The van der Waals surface area contributed by atoms with Gasteiger partial charge in [0.25, 0.3) is 5.91 Å². The third-order valence-corrected chi connectivity index (χ3v) is 8.27. The van der Waals surface area contributed by atoms with E-state index in [0.29, 0.717) is 12.3 Å². The highest BCUT2D eigenvalue weighted by Crippen LogP contribution is 2.69. The highest BCUT2D eigenvalue weighted by atomic mass is 32.2.